The predicted molar refractivity (Wildman–Crippen MR) is 217 cm³/mol. The van der Waals surface area contributed by atoms with Crippen LogP contribution in [0.15, 0.2) is 154 Å². The van der Waals surface area contributed by atoms with E-state index in [4.69, 9.17) is 14.4 Å². The molecule has 0 amide bonds. The van der Waals surface area contributed by atoms with Crippen molar-refractivity contribution in [1.29, 1.82) is 0 Å². The molecule has 0 saturated heterocycles. The Morgan fingerprint density at radius 3 is 2.32 bits per heavy atom. The number of hydrogen-bond donors (Lipinski definition) is 1. The molecular weight excluding hydrogens is 649 g/mol. The van der Waals surface area contributed by atoms with Gasteiger partial charge < -0.3 is 14.3 Å². The van der Waals surface area contributed by atoms with Gasteiger partial charge in [-0.05, 0) is 64.9 Å². The van der Waals surface area contributed by atoms with Gasteiger partial charge in [0.25, 0.3) is 0 Å². The van der Waals surface area contributed by atoms with Crippen molar-refractivity contribution in [3.8, 4) is 11.1 Å². The largest absolute Gasteiger partial charge is 0.454 e. The first-order chi connectivity index (χ1) is 26.0. The van der Waals surface area contributed by atoms with Crippen LogP contribution in [0.5, 0.6) is 0 Å². The highest BCUT2D eigenvalue weighted by atomic mass is 16.3. The van der Waals surface area contributed by atoms with Crippen LogP contribution in [-0.2, 0) is 5.41 Å². The minimum Gasteiger partial charge on any atom is -0.454 e. The first-order valence-corrected chi connectivity index (χ1v) is 18.5. The van der Waals surface area contributed by atoms with Crippen molar-refractivity contribution in [2.45, 2.75) is 38.3 Å². The number of furan rings is 1. The summed E-state index contributed by atoms with van der Waals surface area (Å²) in [6.07, 6.45) is 3.83. The Bertz CT molecular complexity index is 3000. The summed E-state index contributed by atoms with van der Waals surface area (Å²) in [6.45, 7) is 4.71. The molecular formula is C48H36N4O. The summed E-state index contributed by atoms with van der Waals surface area (Å²) in [5.41, 5.74) is 13.8. The summed E-state index contributed by atoms with van der Waals surface area (Å²) in [7, 11) is 0. The van der Waals surface area contributed by atoms with E-state index in [2.05, 4.69) is 145 Å². The van der Waals surface area contributed by atoms with Gasteiger partial charge in [-0.2, -0.15) is 0 Å². The Morgan fingerprint density at radius 2 is 1.45 bits per heavy atom. The molecule has 0 fully saturated rings. The van der Waals surface area contributed by atoms with Gasteiger partial charge in [-0.3, -0.25) is 0 Å². The molecule has 0 radical (unpaired) electrons. The third kappa shape index (κ3) is 4.43. The molecule has 3 heterocycles. The van der Waals surface area contributed by atoms with Gasteiger partial charge in [0.15, 0.2) is 11.3 Å². The molecule has 2 aromatic heterocycles. The molecule has 5 nitrogen and oxygen atoms in total. The van der Waals surface area contributed by atoms with Crippen molar-refractivity contribution in [3.05, 3.63) is 178 Å². The molecule has 1 atom stereocenters. The van der Waals surface area contributed by atoms with Crippen molar-refractivity contribution in [2.75, 3.05) is 0 Å². The first kappa shape index (κ1) is 30.2. The van der Waals surface area contributed by atoms with Crippen LogP contribution < -0.4 is 16.0 Å². The number of nitrogens with one attached hydrogen (secondary N) is 1. The third-order valence-electron chi connectivity index (χ3n) is 11.5. The topological polar surface area (TPSA) is 54.8 Å². The van der Waals surface area contributed by atoms with Gasteiger partial charge in [-0.15, -0.1) is 0 Å². The standard InChI is InChI=1S/C48H36N4O/c1-48(2)37-23-11-9-19-31(37)35-28-41-36(27-38(35)48)32-20-10-12-24-39(32)52(41)40-25-13-21-33-43-34(22-14-26-42(43)53-44(33)40)47-50-45(29-15-5-3-6-16-29)49-46(51-47)30-17-7-4-8-18-30/h3-12,14-24,26-28,45H,13,25H2,1-2H3,(H,49,50,51). The Balaban J connectivity index is 1.17. The van der Waals surface area contributed by atoms with Gasteiger partial charge in [-0.25, -0.2) is 9.98 Å². The Hall–Kier alpha value is -6.46. The highest BCUT2D eigenvalue weighted by Crippen LogP contribution is 2.51. The number of hydrogen-bond acceptors (Lipinski definition) is 4. The van der Waals surface area contributed by atoms with Crippen LogP contribution in [0.3, 0.4) is 0 Å². The second-order valence-corrected chi connectivity index (χ2v) is 14.9. The number of aromatic nitrogens is 1. The van der Waals surface area contributed by atoms with E-state index in [0.29, 0.717) is 5.84 Å². The van der Waals surface area contributed by atoms with Gasteiger partial charge in [0.2, 0.25) is 0 Å². The van der Waals surface area contributed by atoms with Crippen molar-refractivity contribution >= 4 is 56.2 Å². The lowest BCUT2D eigenvalue weighted by Gasteiger charge is -2.23. The van der Waals surface area contributed by atoms with Crippen molar-refractivity contribution in [1.82, 2.24) is 9.88 Å². The molecule has 11 rings (SSSR count). The first-order valence-electron chi connectivity index (χ1n) is 18.5. The fourth-order valence-corrected chi connectivity index (χ4v) is 9.02. The fraction of sp³-hybridized carbons (Fsp3) is 0.125. The van der Waals surface area contributed by atoms with E-state index in [1.54, 1.807) is 0 Å². The van der Waals surface area contributed by atoms with Crippen LogP contribution in [0, 0.1) is 0 Å². The van der Waals surface area contributed by atoms with Gasteiger partial charge in [0.1, 0.15) is 17.6 Å². The second kappa shape index (κ2) is 11.3. The molecule has 53 heavy (non-hydrogen) atoms. The molecule has 0 saturated carbocycles. The zero-order valence-electron chi connectivity index (χ0n) is 29.6. The van der Waals surface area contributed by atoms with Crippen molar-refractivity contribution in [2.24, 2.45) is 9.98 Å². The highest BCUT2D eigenvalue weighted by molar-refractivity contribution is 6.17. The number of aliphatic imine (C=N–C) groups is 2. The van der Waals surface area contributed by atoms with E-state index in [1.165, 1.54) is 49.8 Å². The van der Waals surface area contributed by atoms with E-state index in [9.17, 15) is 0 Å². The third-order valence-corrected chi connectivity index (χ3v) is 11.5. The molecule has 1 unspecified atom stereocenters. The fourth-order valence-electron chi connectivity index (χ4n) is 9.02. The molecule has 3 aliphatic rings. The summed E-state index contributed by atoms with van der Waals surface area (Å²) < 4.78 is 9.43. The number of nitrogens with zero attached hydrogens (tertiary/aromatic N) is 3. The van der Waals surface area contributed by atoms with E-state index >= 15 is 0 Å². The molecule has 1 aliphatic heterocycles. The number of benzene rings is 6. The number of rotatable bonds is 4. The van der Waals surface area contributed by atoms with Crippen LogP contribution in [0.2, 0.25) is 0 Å². The zero-order valence-corrected chi connectivity index (χ0v) is 29.6. The Labute approximate surface area is 307 Å². The van der Waals surface area contributed by atoms with E-state index < -0.39 is 0 Å². The lowest BCUT2D eigenvalue weighted by atomic mass is 9.82. The van der Waals surface area contributed by atoms with Gasteiger partial charge in [0.05, 0.1) is 16.7 Å². The quantitative estimate of drug-likeness (QED) is 0.201. The monoisotopic (exact) mass is 684 g/mol. The predicted octanol–water partition coefficient (Wildman–Crippen LogP) is 9.57. The Kier molecular flexibility index (Phi) is 6.42. The van der Waals surface area contributed by atoms with E-state index in [0.717, 1.165) is 57.0 Å². The zero-order chi connectivity index (χ0) is 35.3. The summed E-state index contributed by atoms with van der Waals surface area (Å²) in [5, 5.41) is 8.31. The summed E-state index contributed by atoms with van der Waals surface area (Å²) in [5.74, 6) is 1.50. The SMILES string of the molecule is CC1(C)c2ccccc2-c2cc3c(cc21)c1ccccc1n3C1=c2oc3cccc(C4=NC(c5ccccc5)NC(c5ccccc5)=N4)c3c2=CCC1. The minimum atomic E-state index is -0.280. The molecule has 5 heteroatoms. The van der Waals surface area contributed by atoms with Crippen molar-refractivity contribution < 1.29 is 4.42 Å². The highest BCUT2D eigenvalue weighted by Gasteiger charge is 2.36. The van der Waals surface area contributed by atoms with E-state index in [1.807, 2.05) is 24.3 Å². The molecule has 0 bridgehead atoms. The number of amidine groups is 2. The van der Waals surface area contributed by atoms with Crippen LogP contribution in [-0.4, -0.2) is 16.2 Å². The smallest absolute Gasteiger partial charge is 0.160 e. The maximum Gasteiger partial charge on any atom is 0.160 e. The summed E-state index contributed by atoms with van der Waals surface area (Å²) in [4.78, 5) is 10.4. The lowest BCUT2D eigenvalue weighted by Crippen LogP contribution is -2.34. The van der Waals surface area contributed by atoms with Crippen LogP contribution in [0.4, 0.5) is 0 Å². The average molecular weight is 685 g/mol. The Morgan fingerprint density at radius 1 is 0.698 bits per heavy atom. The maximum atomic E-state index is 6.95. The molecule has 1 N–H and O–H groups in total. The van der Waals surface area contributed by atoms with Gasteiger partial charge in [-0.1, -0.05) is 135 Å². The van der Waals surface area contributed by atoms with Crippen molar-refractivity contribution in [3.63, 3.8) is 0 Å². The second-order valence-electron chi connectivity index (χ2n) is 14.9. The lowest BCUT2D eigenvalue weighted by molar-refractivity contribution is 0.563. The normalized spacial score (nSPS) is 17.2. The molecule has 6 aromatic carbocycles. The van der Waals surface area contributed by atoms with Crippen LogP contribution in [0.25, 0.3) is 55.7 Å². The van der Waals surface area contributed by atoms with Crippen LogP contribution in [0.1, 0.15) is 60.7 Å². The number of fused-ring (bicyclic) bond motifs is 9. The van der Waals surface area contributed by atoms with E-state index in [-0.39, 0.29) is 11.6 Å². The molecule has 0 spiro atoms. The molecule has 8 aromatic rings. The summed E-state index contributed by atoms with van der Waals surface area (Å²) >= 11 is 0. The minimum absolute atomic E-state index is 0.0711. The van der Waals surface area contributed by atoms with Gasteiger partial charge >= 0.3 is 0 Å². The average Bonchev–Trinajstić information content (AvgIpc) is 3.83. The number of para-hydroxylation sites is 1. The van der Waals surface area contributed by atoms with Gasteiger partial charge in [0, 0.05) is 37.9 Å². The molecule has 2 aliphatic carbocycles. The summed E-state index contributed by atoms with van der Waals surface area (Å²) in [6, 6.07) is 49.6. The molecule has 254 valence electrons. The maximum absolute atomic E-state index is 6.95. The van der Waals surface area contributed by atoms with Crippen LogP contribution >= 0.6 is 0 Å².